The van der Waals surface area contributed by atoms with Crippen molar-refractivity contribution >= 4 is 15.9 Å². The van der Waals surface area contributed by atoms with E-state index in [0.717, 1.165) is 17.6 Å². The summed E-state index contributed by atoms with van der Waals surface area (Å²) in [7, 11) is 0. The summed E-state index contributed by atoms with van der Waals surface area (Å²) < 4.78 is 1.11. The number of hydrogen-bond acceptors (Lipinski definition) is 2. The fourth-order valence-corrected chi connectivity index (χ4v) is 2.02. The van der Waals surface area contributed by atoms with Crippen molar-refractivity contribution in [1.82, 2.24) is 4.90 Å². The van der Waals surface area contributed by atoms with Gasteiger partial charge in [-0.3, -0.25) is 4.90 Å². The van der Waals surface area contributed by atoms with E-state index in [2.05, 4.69) is 52.0 Å². The van der Waals surface area contributed by atoms with Gasteiger partial charge in [0.15, 0.2) is 0 Å². The lowest BCUT2D eigenvalue weighted by atomic mass is 10.0. The Morgan fingerprint density at radius 3 is 2.43 bits per heavy atom. The van der Waals surface area contributed by atoms with E-state index >= 15 is 0 Å². The molecule has 1 atom stereocenters. The van der Waals surface area contributed by atoms with Crippen LogP contribution in [0.25, 0.3) is 0 Å². The minimum atomic E-state index is -0.118. The first-order valence-corrected chi connectivity index (χ1v) is 5.63. The lowest BCUT2D eigenvalue weighted by Gasteiger charge is -2.40. The first kappa shape index (κ1) is 10.1. The van der Waals surface area contributed by atoms with Crippen LogP contribution in [0.2, 0.25) is 0 Å². The SMILES string of the molecule is C[C@H](c1ccc(Br)cc1)N1CC(O)C1. The Bertz CT molecular complexity index is 306. The molecule has 0 bridgehead atoms. The molecule has 0 radical (unpaired) electrons. The van der Waals surface area contributed by atoms with E-state index in [9.17, 15) is 5.11 Å². The molecular weight excluding hydrogens is 242 g/mol. The molecule has 0 unspecified atom stereocenters. The lowest BCUT2D eigenvalue weighted by molar-refractivity contribution is -0.0211. The smallest absolute Gasteiger partial charge is 0.0794 e. The highest BCUT2D eigenvalue weighted by atomic mass is 79.9. The Morgan fingerprint density at radius 2 is 1.93 bits per heavy atom. The number of aliphatic hydroxyl groups is 1. The van der Waals surface area contributed by atoms with E-state index in [1.54, 1.807) is 0 Å². The fourth-order valence-electron chi connectivity index (χ4n) is 1.76. The molecule has 0 aliphatic carbocycles. The number of likely N-dealkylation sites (tertiary alicyclic amines) is 1. The maximum absolute atomic E-state index is 9.21. The van der Waals surface area contributed by atoms with Crippen molar-refractivity contribution in [3.63, 3.8) is 0 Å². The number of rotatable bonds is 2. The molecule has 1 saturated heterocycles. The third-order valence-electron chi connectivity index (χ3n) is 2.79. The van der Waals surface area contributed by atoms with Crippen LogP contribution in [0.5, 0.6) is 0 Å². The molecule has 76 valence electrons. The Hall–Kier alpha value is -0.380. The van der Waals surface area contributed by atoms with Crippen molar-refractivity contribution in [2.45, 2.75) is 19.1 Å². The van der Waals surface area contributed by atoms with Gasteiger partial charge in [-0.15, -0.1) is 0 Å². The molecule has 1 aromatic carbocycles. The molecule has 3 heteroatoms. The van der Waals surface area contributed by atoms with Crippen molar-refractivity contribution in [3.8, 4) is 0 Å². The summed E-state index contributed by atoms with van der Waals surface area (Å²) in [6.45, 7) is 3.78. The molecule has 1 fully saturated rings. The van der Waals surface area contributed by atoms with Crippen LogP contribution in [0.1, 0.15) is 18.5 Å². The molecule has 0 amide bonds. The van der Waals surface area contributed by atoms with E-state index in [4.69, 9.17) is 0 Å². The largest absolute Gasteiger partial charge is 0.390 e. The van der Waals surface area contributed by atoms with Crippen molar-refractivity contribution < 1.29 is 5.11 Å². The second-order valence-electron chi connectivity index (χ2n) is 3.84. The molecule has 1 aliphatic rings. The standard InChI is InChI=1S/C11H14BrNO/c1-8(13-6-11(14)7-13)9-2-4-10(12)5-3-9/h2-5,8,11,14H,6-7H2,1H3/t8-/m1/s1. The maximum atomic E-state index is 9.21. The van der Waals surface area contributed by atoms with Crippen LogP contribution in [-0.4, -0.2) is 29.2 Å². The van der Waals surface area contributed by atoms with Gasteiger partial charge in [0.2, 0.25) is 0 Å². The highest BCUT2D eigenvalue weighted by molar-refractivity contribution is 9.10. The summed E-state index contributed by atoms with van der Waals surface area (Å²) in [6.07, 6.45) is -0.118. The van der Waals surface area contributed by atoms with Crippen LogP contribution >= 0.6 is 15.9 Å². The molecule has 1 aromatic rings. The molecule has 0 saturated carbocycles. The zero-order valence-electron chi connectivity index (χ0n) is 8.15. The predicted octanol–water partition coefficient (Wildman–Crippen LogP) is 2.19. The van der Waals surface area contributed by atoms with Gasteiger partial charge in [0, 0.05) is 23.6 Å². The lowest BCUT2D eigenvalue weighted by Crippen LogP contribution is -2.51. The molecule has 1 N–H and O–H groups in total. The number of nitrogens with zero attached hydrogens (tertiary/aromatic N) is 1. The topological polar surface area (TPSA) is 23.5 Å². The molecule has 1 heterocycles. The van der Waals surface area contributed by atoms with E-state index < -0.39 is 0 Å². The van der Waals surface area contributed by atoms with Gasteiger partial charge in [-0.25, -0.2) is 0 Å². The number of halogens is 1. The number of aliphatic hydroxyl groups excluding tert-OH is 1. The average Bonchev–Trinajstić information content (AvgIpc) is 2.13. The first-order chi connectivity index (χ1) is 6.66. The number of β-amino-alcohol motifs (C(OH)–C–C–N with tert-alkyl or cyclic N) is 1. The van der Waals surface area contributed by atoms with Crippen molar-refractivity contribution in [2.75, 3.05) is 13.1 Å². The van der Waals surface area contributed by atoms with Gasteiger partial charge in [0.1, 0.15) is 0 Å². The molecule has 14 heavy (non-hydrogen) atoms. The van der Waals surface area contributed by atoms with Crippen molar-refractivity contribution in [2.24, 2.45) is 0 Å². The molecule has 1 aliphatic heterocycles. The summed E-state index contributed by atoms with van der Waals surface area (Å²) in [5, 5.41) is 9.21. The van der Waals surface area contributed by atoms with Gasteiger partial charge in [-0.1, -0.05) is 28.1 Å². The molecule has 2 rings (SSSR count). The highest BCUT2D eigenvalue weighted by Crippen LogP contribution is 2.26. The van der Waals surface area contributed by atoms with Crippen LogP contribution in [0.4, 0.5) is 0 Å². The van der Waals surface area contributed by atoms with Crippen LogP contribution < -0.4 is 0 Å². The van der Waals surface area contributed by atoms with E-state index in [0.29, 0.717) is 6.04 Å². The number of benzene rings is 1. The number of hydrogen-bond donors (Lipinski definition) is 1. The predicted molar refractivity (Wildman–Crippen MR) is 60.1 cm³/mol. The monoisotopic (exact) mass is 255 g/mol. The van der Waals surface area contributed by atoms with Crippen LogP contribution in [-0.2, 0) is 0 Å². The maximum Gasteiger partial charge on any atom is 0.0794 e. The molecule has 0 spiro atoms. The Balaban J connectivity index is 2.04. The van der Waals surface area contributed by atoms with Gasteiger partial charge in [-0.05, 0) is 24.6 Å². The average molecular weight is 256 g/mol. The van der Waals surface area contributed by atoms with E-state index in [1.165, 1.54) is 5.56 Å². The fraction of sp³-hybridized carbons (Fsp3) is 0.455. The highest BCUT2D eigenvalue weighted by Gasteiger charge is 2.28. The van der Waals surface area contributed by atoms with E-state index in [1.807, 2.05) is 0 Å². The minimum absolute atomic E-state index is 0.118. The van der Waals surface area contributed by atoms with Gasteiger partial charge >= 0.3 is 0 Å². The summed E-state index contributed by atoms with van der Waals surface area (Å²) in [5.74, 6) is 0. The van der Waals surface area contributed by atoms with Gasteiger partial charge in [-0.2, -0.15) is 0 Å². The second kappa shape index (κ2) is 4.01. The summed E-state index contributed by atoms with van der Waals surface area (Å²) in [5.41, 5.74) is 1.31. The van der Waals surface area contributed by atoms with Crippen LogP contribution in [0, 0.1) is 0 Å². The van der Waals surface area contributed by atoms with E-state index in [-0.39, 0.29) is 6.10 Å². The van der Waals surface area contributed by atoms with Crippen molar-refractivity contribution in [1.29, 1.82) is 0 Å². The van der Waals surface area contributed by atoms with Crippen molar-refractivity contribution in [3.05, 3.63) is 34.3 Å². The zero-order chi connectivity index (χ0) is 10.1. The second-order valence-corrected chi connectivity index (χ2v) is 4.75. The molecular formula is C11H14BrNO. The van der Waals surface area contributed by atoms with Crippen LogP contribution in [0.15, 0.2) is 28.7 Å². The summed E-state index contributed by atoms with van der Waals surface area (Å²) >= 11 is 3.42. The Labute approximate surface area is 92.7 Å². The zero-order valence-corrected chi connectivity index (χ0v) is 9.74. The normalized spacial score (nSPS) is 20.5. The quantitative estimate of drug-likeness (QED) is 0.876. The third kappa shape index (κ3) is 2.00. The Morgan fingerprint density at radius 1 is 1.36 bits per heavy atom. The van der Waals surface area contributed by atoms with Crippen LogP contribution in [0.3, 0.4) is 0 Å². The van der Waals surface area contributed by atoms with Gasteiger partial charge in [0.25, 0.3) is 0 Å². The Kier molecular flexibility index (Phi) is 2.91. The third-order valence-corrected chi connectivity index (χ3v) is 3.32. The summed E-state index contributed by atoms with van der Waals surface area (Å²) in [4.78, 5) is 2.27. The first-order valence-electron chi connectivity index (χ1n) is 4.84. The molecule has 2 nitrogen and oxygen atoms in total. The van der Waals surface area contributed by atoms with Gasteiger partial charge < -0.3 is 5.11 Å². The summed E-state index contributed by atoms with van der Waals surface area (Å²) in [6, 6.07) is 8.77. The van der Waals surface area contributed by atoms with Gasteiger partial charge in [0.05, 0.1) is 6.10 Å². The minimum Gasteiger partial charge on any atom is -0.390 e. The molecule has 0 aromatic heterocycles.